The van der Waals surface area contributed by atoms with Crippen LogP contribution >= 0.6 is 11.3 Å². The predicted molar refractivity (Wildman–Crippen MR) is 122 cm³/mol. The lowest BCUT2D eigenvalue weighted by atomic mass is 10.0. The largest absolute Gasteiger partial charge is 0.490 e. The summed E-state index contributed by atoms with van der Waals surface area (Å²) in [5.41, 5.74) is 1.40. The van der Waals surface area contributed by atoms with Crippen LogP contribution in [-0.4, -0.2) is 114 Å². The average molecular weight is 578 g/mol. The van der Waals surface area contributed by atoms with Gasteiger partial charge in [-0.05, 0) is 35.9 Å². The van der Waals surface area contributed by atoms with Gasteiger partial charge in [0.15, 0.2) is 0 Å². The van der Waals surface area contributed by atoms with E-state index in [0.717, 1.165) is 52.2 Å². The van der Waals surface area contributed by atoms with Crippen molar-refractivity contribution < 1.29 is 55.7 Å². The molecule has 38 heavy (non-hydrogen) atoms. The lowest BCUT2D eigenvalue weighted by molar-refractivity contribution is -0.193. The molecule has 4 rings (SSSR count). The molecule has 3 saturated heterocycles. The van der Waals surface area contributed by atoms with E-state index < -0.39 is 24.3 Å². The second-order valence-corrected chi connectivity index (χ2v) is 9.89. The van der Waals surface area contributed by atoms with Crippen molar-refractivity contribution in [3.05, 3.63) is 22.4 Å². The van der Waals surface area contributed by atoms with Gasteiger partial charge in [-0.1, -0.05) is 0 Å². The molecule has 0 spiro atoms. The highest BCUT2D eigenvalue weighted by Crippen LogP contribution is 2.35. The molecular weight excluding hydrogens is 548 g/mol. The number of carboxylic acids is 2. The Morgan fingerprint density at radius 1 is 1.00 bits per heavy atom. The van der Waals surface area contributed by atoms with Gasteiger partial charge in [-0.25, -0.2) is 9.59 Å². The number of nitrogens with zero attached hydrogens (tertiary/aromatic N) is 3. The van der Waals surface area contributed by atoms with E-state index in [4.69, 9.17) is 24.5 Å². The van der Waals surface area contributed by atoms with Crippen LogP contribution in [-0.2, 0) is 25.7 Å². The standard InChI is InChI=1S/C18H27N3O2S.2C2HF3O2/c1-19-3-5-21(6-4-19)18(22)9-16-8-15-11-20(12-17(15)23-16)10-14-2-7-24-13-14;2*3-2(4,5)1(6)7/h2,7,13,15-17H,3-6,8-12H2,1H3;2*(H,6,7)/t15-,16+,17+;;/m0../s1. The number of aliphatic carboxylic acids is 2. The number of carbonyl (C=O) groups excluding carboxylic acids is 1. The number of ether oxygens (including phenoxy) is 1. The minimum Gasteiger partial charge on any atom is -0.475 e. The Morgan fingerprint density at radius 2 is 1.55 bits per heavy atom. The van der Waals surface area contributed by atoms with E-state index >= 15 is 0 Å². The van der Waals surface area contributed by atoms with Gasteiger partial charge in [0.2, 0.25) is 5.91 Å². The molecule has 3 fully saturated rings. The molecule has 2 N–H and O–H groups in total. The van der Waals surface area contributed by atoms with Gasteiger partial charge in [0.1, 0.15) is 0 Å². The highest BCUT2D eigenvalue weighted by Gasteiger charge is 2.43. The maximum Gasteiger partial charge on any atom is 0.490 e. The first-order chi connectivity index (χ1) is 17.6. The molecule has 1 aromatic rings. The van der Waals surface area contributed by atoms with Crippen LogP contribution in [0.4, 0.5) is 26.3 Å². The highest BCUT2D eigenvalue weighted by atomic mass is 32.1. The first-order valence-corrected chi connectivity index (χ1v) is 12.5. The number of carboxylic acid groups (broad SMARTS) is 2. The zero-order chi connectivity index (χ0) is 28.7. The number of likely N-dealkylation sites (tertiary alicyclic amines) is 1. The van der Waals surface area contributed by atoms with Crippen molar-refractivity contribution in [3.8, 4) is 0 Å². The normalized spacial score (nSPS) is 24.1. The SMILES string of the molecule is CN1CCN(C(=O)C[C@H]2C[C@H]3CN(Cc4ccsc4)C[C@H]3O2)CC1.O=C(O)C(F)(F)F.O=C(O)C(F)(F)F. The average Bonchev–Trinajstić information content (AvgIpc) is 3.51. The number of hydrogen-bond acceptors (Lipinski definition) is 7. The second kappa shape index (κ2) is 13.6. The van der Waals surface area contributed by atoms with E-state index in [-0.39, 0.29) is 12.0 Å². The molecule has 0 unspecified atom stereocenters. The van der Waals surface area contributed by atoms with Crippen LogP contribution in [0.5, 0.6) is 0 Å². The summed E-state index contributed by atoms with van der Waals surface area (Å²) < 4.78 is 69.7. The molecule has 9 nitrogen and oxygen atoms in total. The van der Waals surface area contributed by atoms with Gasteiger partial charge in [-0.2, -0.15) is 37.7 Å². The Bertz CT molecular complexity index is 884. The fourth-order valence-electron chi connectivity index (χ4n) is 4.23. The van der Waals surface area contributed by atoms with Crippen LogP contribution in [0.1, 0.15) is 18.4 Å². The van der Waals surface area contributed by atoms with Crippen molar-refractivity contribution in [3.63, 3.8) is 0 Å². The number of amides is 1. The molecule has 1 amide bonds. The molecule has 1 aromatic heterocycles. The van der Waals surface area contributed by atoms with Crippen molar-refractivity contribution >= 4 is 29.2 Å². The molecule has 4 heterocycles. The summed E-state index contributed by atoms with van der Waals surface area (Å²) in [5, 5.41) is 18.6. The molecule has 3 atom stereocenters. The number of thiophene rings is 1. The zero-order valence-corrected chi connectivity index (χ0v) is 21.2. The van der Waals surface area contributed by atoms with Gasteiger partial charge in [0, 0.05) is 51.7 Å². The summed E-state index contributed by atoms with van der Waals surface area (Å²) in [6.07, 6.45) is -8.09. The molecule has 0 saturated carbocycles. The van der Waals surface area contributed by atoms with E-state index in [1.807, 2.05) is 4.90 Å². The number of halogens is 6. The minimum atomic E-state index is -5.08. The Balaban J connectivity index is 0.000000301. The second-order valence-electron chi connectivity index (χ2n) is 9.11. The molecule has 0 aromatic carbocycles. The van der Waals surface area contributed by atoms with Crippen molar-refractivity contribution in [2.24, 2.45) is 5.92 Å². The van der Waals surface area contributed by atoms with Crippen LogP contribution in [0, 0.1) is 5.92 Å². The summed E-state index contributed by atoms with van der Waals surface area (Å²) in [6.45, 7) is 6.86. The lowest BCUT2D eigenvalue weighted by Crippen LogP contribution is -2.47. The van der Waals surface area contributed by atoms with E-state index in [9.17, 15) is 31.1 Å². The molecule has 0 aliphatic carbocycles. The van der Waals surface area contributed by atoms with Gasteiger partial charge in [0.25, 0.3) is 0 Å². The van der Waals surface area contributed by atoms with E-state index in [2.05, 4.69) is 33.7 Å². The van der Waals surface area contributed by atoms with Gasteiger partial charge in [0.05, 0.1) is 18.6 Å². The number of alkyl halides is 6. The van der Waals surface area contributed by atoms with Crippen LogP contribution in [0.2, 0.25) is 0 Å². The summed E-state index contributed by atoms with van der Waals surface area (Å²) >= 11 is 1.76. The minimum absolute atomic E-state index is 0.135. The van der Waals surface area contributed by atoms with Gasteiger partial charge >= 0.3 is 24.3 Å². The molecule has 0 bridgehead atoms. The molecule has 0 radical (unpaired) electrons. The first-order valence-electron chi connectivity index (χ1n) is 11.5. The summed E-state index contributed by atoms with van der Waals surface area (Å²) in [5.74, 6) is -4.63. The van der Waals surface area contributed by atoms with Crippen molar-refractivity contribution in [1.82, 2.24) is 14.7 Å². The third-order valence-corrected chi connectivity index (χ3v) is 6.85. The van der Waals surface area contributed by atoms with Crippen molar-refractivity contribution in [2.45, 2.75) is 43.9 Å². The topological polar surface area (TPSA) is 111 Å². The molecule has 16 heteroatoms. The van der Waals surface area contributed by atoms with Crippen molar-refractivity contribution in [2.75, 3.05) is 46.3 Å². The number of fused-ring (bicyclic) bond motifs is 1. The monoisotopic (exact) mass is 577 g/mol. The lowest BCUT2D eigenvalue weighted by Gasteiger charge is -2.33. The summed E-state index contributed by atoms with van der Waals surface area (Å²) in [6, 6.07) is 2.21. The van der Waals surface area contributed by atoms with Crippen molar-refractivity contribution in [1.29, 1.82) is 0 Å². The maximum absolute atomic E-state index is 12.5. The number of carbonyl (C=O) groups is 3. The van der Waals surface area contributed by atoms with E-state index in [0.29, 0.717) is 18.4 Å². The molecule has 3 aliphatic heterocycles. The number of likely N-dealkylation sites (N-methyl/N-ethyl adjacent to an activating group) is 1. The van der Waals surface area contributed by atoms with Gasteiger partial charge in [-0.3, -0.25) is 9.69 Å². The fraction of sp³-hybridized carbons (Fsp3) is 0.682. The fourth-order valence-corrected chi connectivity index (χ4v) is 4.89. The first kappa shape index (κ1) is 31.8. The molecular formula is C22H29F6N3O6S. The Labute approximate surface area is 218 Å². The maximum atomic E-state index is 12.5. The smallest absolute Gasteiger partial charge is 0.475 e. The van der Waals surface area contributed by atoms with Crippen LogP contribution in [0.15, 0.2) is 16.8 Å². The Morgan fingerprint density at radius 3 is 2.00 bits per heavy atom. The summed E-state index contributed by atoms with van der Waals surface area (Å²) in [7, 11) is 2.12. The molecule has 3 aliphatic rings. The third-order valence-electron chi connectivity index (χ3n) is 6.12. The van der Waals surface area contributed by atoms with Crippen LogP contribution < -0.4 is 0 Å². The Hall–Kier alpha value is -2.43. The van der Waals surface area contributed by atoms with E-state index in [1.165, 1.54) is 5.56 Å². The quantitative estimate of drug-likeness (QED) is 0.526. The zero-order valence-electron chi connectivity index (χ0n) is 20.4. The van der Waals surface area contributed by atoms with E-state index in [1.54, 1.807) is 11.3 Å². The van der Waals surface area contributed by atoms with Crippen LogP contribution in [0.3, 0.4) is 0 Å². The van der Waals surface area contributed by atoms with Gasteiger partial charge in [-0.15, -0.1) is 0 Å². The van der Waals surface area contributed by atoms with Crippen LogP contribution in [0.25, 0.3) is 0 Å². The number of piperazine rings is 1. The molecule has 216 valence electrons. The highest BCUT2D eigenvalue weighted by molar-refractivity contribution is 7.07. The van der Waals surface area contributed by atoms with Gasteiger partial charge < -0.3 is 24.7 Å². The third kappa shape index (κ3) is 10.4. The Kier molecular flexibility index (Phi) is 11.4. The number of hydrogen-bond donors (Lipinski definition) is 2. The predicted octanol–water partition coefficient (Wildman–Crippen LogP) is 2.77. The number of rotatable bonds is 4. The summed E-state index contributed by atoms with van der Waals surface area (Å²) in [4.78, 5) is 37.1.